The van der Waals surface area contributed by atoms with Gasteiger partial charge >= 0.3 is 5.51 Å². The maximum absolute atomic E-state index is 12.0. The summed E-state index contributed by atoms with van der Waals surface area (Å²) in [5.74, 6) is 0.00987. The third kappa shape index (κ3) is 2.00. The van der Waals surface area contributed by atoms with Gasteiger partial charge < -0.3 is 5.32 Å². The summed E-state index contributed by atoms with van der Waals surface area (Å²) in [5.41, 5.74) is -4.75. The highest BCUT2D eigenvalue weighted by Crippen LogP contribution is 2.29. The van der Waals surface area contributed by atoms with Gasteiger partial charge in [-0.3, -0.25) is 5.10 Å². The molecule has 0 aliphatic carbocycles. The summed E-state index contributed by atoms with van der Waals surface area (Å²) in [6, 6.07) is 0. The summed E-state index contributed by atoms with van der Waals surface area (Å²) < 4.78 is 46.7. The summed E-state index contributed by atoms with van der Waals surface area (Å²) in [4.78, 5) is -0.394. The third-order valence-corrected chi connectivity index (χ3v) is 2.39. The second-order valence-electron chi connectivity index (χ2n) is 2.07. The zero-order valence-corrected chi connectivity index (χ0v) is 7.29. The SMILES string of the molecule is CNc1[nH]ncc1S(=O)C(F)(F)F. The molecule has 8 heteroatoms. The Balaban J connectivity index is 3.02. The van der Waals surface area contributed by atoms with Gasteiger partial charge in [-0.2, -0.15) is 18.3 Å². The van der Waals surface area contributed by atoms with Crippen molar-refractivity contribution in [1.29, 1.82) is 0 Å². The highest BCUT2D eigenvalue weighted by atomic mass is 32.2. The van der Waals surface area contributed by atoms with E-state index in [1.807, 2.05) is 0 Å². The average molecular weight is 213 g/mol. The number of aromatic nitrogens is 2. The number of alkyl halides is 3. The Kier molecular flexibility index (Phi) is 2.60. The molecule has 1 unspecified atom stereocenters. The van der Waals surface area contributed by atoms with Crippen molar-refractivity contribution < 1.29 is 17.4 Å². The number of nitrogens with one attached hydrogen (secondary N) is 2. The molecular formula is C5H6F3N3OS. The highest BCUT2D eigenvalue weighted by molar-refractivity contribution is 7.86. The van der Waals surface area contributed by atoms with Gasteiger partial charge in [0, 0.05) is 7.05 Å². The van der Waals surface area contributed by atoms with Gasteiger partial charge in [0.25, 0.3) is 0 Å². The van der Waals surface area contributed by atoms with Crippen molar-refractivity contribution in [3.05, 3.63) is 6.20 Å². The van der Waals surface area contributed by atoms with Crippen LogP contribution in [0.4, 0.5) is 19.0 Å². The molecule has 0 radical (unpaired) electrons. The Morgan fingerprint density at radius 1 is 1.62 bits per heavy atom. The monoisotopic (exact) mass is 213 g/mol. The molecule has 1 aromatic heterocycles. The minimum atomic E-state index is -4.75. The Morgan fingerprint density at radius 3 is 2.69 bits per heavy atom. The van der Waals surface area contributed by atoms with E-state index in [1.165, 1.54) is 7.05 Å². The summed E-state index contributed by atoms with van der Waals surface area (Å²) in [5, 5.41) is 8.02. The van der Waals surface area contributed by atoms with E-state index in [2.05, 4.69) is 15.5 Å². The fourth-order valence-electron chi connectivity index (χ4n) is 0.719. The van der Waals surface area contributed by atoms with E-state index in [1.54, 1.807) is 0 Å². The predicted molar refractivity (Wildman–Crippen MR) is 40.6 cm³/mol. The normalized spacial score (nSPS) is 14.2. The largest absolute Gasteiger partial charge is 0.476 e. The standard InChI is InChI=1S/C5H6F3N3OS/c1-9-4-3(2-10-11-4)13(12)5(6,7)8/h2H,1H3,(H2,9,10,11). The molecule has 1 aromatic rings. The maximum atomic E-state index is 12.0. The Morgan fingerprint density at radius 2 is 2.23 bits per heavy atom. The molecule has 0 saturated heterocycles. The summed E-state index contributed by atoms with van der Waals surface area (Å²) in [6.07, 6.45) is 0.884. The van der Waals surface area contributed by atoms with Gasteiger partial charge in [-0.25, -0.2) is 4.21 Å². The number of anilines is 1. The molecule has 4 nitrogen and oxygen atoms in total. The van der Waals surface area contributed by atoms with E-state index in [9.17, 15) is 17.4 Å². The first kappa shape index (κ1) is 10.0. The van der Waals surface area contributed by atoms with Crippen LogP contribution in [0.1, 0.15) is 0 Å². The van der Waals surface area contributed by atoms with Gasteiger partial charge in [-0.05, 0) is 0 Å². The molecule has 0 fully saturated rings. The van der Waals surface area contributed by atoms with E-state index in [0.29, 0.717) is 0 Å². The first-order valence-corrected chi connectivity index (χ1v) is 4.31. The zero-order chi connectivity index (χ0) is 10.1. The van der Waals surface area contributed by atoms with Crippen molar-refractivity contribution in [2.24, 2.45) is 0 Å². The average Bonchev–Trinajstić information content (AvgIpc) is 2.48. The smallest absolute Gasteiger partial charge is 0.373 e. The molecule has 74 valence electrons. The van der Waals surface area contributed by atoms with Crippen LogP contribution in [0.5, 0.6) is 0 Å². The number of H-pyrrole nitrogens is 1. The van der Waals surface area contributed by atoms with E-state index in [0.717, 1.165) is 6.20 Å². The van der Waals surface area contributed by atoms with Crippen molar-refractivity contribution in [2.45, 2.75) is 10.4 Å². The minimum Gasteiger partial charge on any atom is -0.373 e. The van der Waals surface area contributed by atoms with Crippen LogP contribution in [0.25, 0.3) is 0 Å². The van der Waals surface area contributed by atoms with Crippen LogP contribution in [0, 0.1) is 0 Å². The first-order chi connectivity index (χ1) is 5.96. The molecular weight excluding hydrogens is 207 g/mol. The van der Waals surface area contributed by atoms with Gasteiger partial charge in [-0.1, -0.05) is 0 Å². The Hall–Kier alpha value is -1.05. The second-order valence-corrected chi connectivity index (χ2v) is 3.51. The van der Waals surface area contributed by atoms with Crippen LogP contribution in [0.2, 0.25) is 0 Å². The molecule has 2 N–H and O–H groups in total. The van der Waals surface area contributed by atoms with E-state index in [4.69, 9.17) is 0 Å². The lowest BCUT2D eigenvalue weighted by Gasteiger charge is -2.05. The van der Waals surface area contributed by atoms with Gasteiger partial charge in [0.05, 0.1) is 6.20 Å². The highest BCUT2D eigenvalue weighted by Gasteiger charge is 2.39. The molecule has 0 aromatic carbocycles. The van der Waals surface area contributed by atoms with Crippen LogP contribution in [-0.2, 0) is 10.8 Å². The van der Waals surface area contributed by atoms with Gasteiger partial charge in [0.1, 0.15) is 10.7 Å². The second kappa shape index (κ2) is 3.36. The van der Waals surface area contributed by atoms with E-state index < -0.39 is 21.2 Å². The number of aromatic amines is 1. The topological polar surface area (TPSA) is 57.8 Å². The van der Waals surface area contributed by atoms with Crippen molar-refractivity contribution >= 4 is 16.6 Å². The number of hydrogen-bond donors (Lipinski definition) is 2. The fraction of sp³-hybridized carbons (Fsp3) is 0.400. The van der Waals surface area contributed by atoms with E-state index >= 15 is 0 Å². The molecule has 0 amide bonds. The molecule has 0 spiro atoms. The summed E-state index contributed by atoms with van der Waals surface area (Å²) in [6.45, 7) is 0. The summed E-state index contributed by atoms with van der Waals surface area (Å²) in [7, 11) is -1.63. The van der Waals surface area contributed by atoms with Crippen LogP contribution in [0.3, 0.4) is 0 Å². The molecule has 0 bridgehead atoms. The number of rotatable bonds is 2. The Bertz CT molecular complexity index is 321. The van der Waals surface area contributed by atoms with Crippen LogP contribution >= 0.6 is 0 Å². The molecule has 0 aliphatic rings. The van der Waals surface area contributed by atoms with Gasteiger partial charge in [0.15, 0.2) is 10.8 Å². The van der Waals surface area contributed by atoms with Crippen molar-refractivity contribution in [3.8, 4) is 0 Å². The number of nitrogens with zero attached hydrogens (tertiary/aromatic N) is 1. The van der Waals surface area contributed by atoms with Crippen LogP contribution < -0.4 is 5.32 Å². The molecule has 1 heterocycles. The van der Waals surface area contributed by atoms with Gasteiger partial charge in [0.2, 0.25) is 0 Å². The maximum Gasteiger partial charge on any atom is 0.476 e. The van der Waals surface area contributed by atoms with Crippen LogP contribution in [-0.4, -0.2) is 27.0 Å². The number of hydrogen-bond acceptors (Lipinski definition) is 3. The lowest BCUT2D eigenvalue weighted by Crippen LogP contribution is -2.16. The van der Waals surface area contributed by atoms with Crippen molar-refractivity contribution in [2.75, 3.05) is 12.4 Å². The molecule has 0 aliphatic heterocycles. The third-order valence-electron chi connectivity index (χ3n) is 1.26. The molecule has 1 rings (SSSR count). The lowest BCUT2D eigenvalue weighted by atomic mass is 10.6. The first-order valence-electron chi connectivity index (χ1n) is 3.16. The quantitative estimate of drug-likeness (QED) is 0.772. The van der Waals surface area contributed by atoms with Gasteiger partial charge in [-0.15, -0.1) is 0 Å². The van der Waals surface area contributed by atoms with Crippen molar-refractivity contribution in [1.82, 2.24) is 10.2 Å². The fourth-order valence-corrected chi connectivity index (χ4v) is 1.45. The van der Waals surface area contributed by atoms with Crippen LogP contribution in [0.15, 0.2) is 11.1 Å². The molecule has 13 heavy (non-hydrogen) atoms. The predicted octanol–water partition coefficient (Wildman–Crippen LogP) is 1.08. The van der Waals surface area contributed by atoms with E-state index in [-0.39, 0.29) is 5.82 Å². The van der Waals surface area contributed by atoms with Crippen molar-refractivity contribution in [3.63, 3.8) is 0 Å². The number of halogens is 3. The summed E-state index contributed by atoms with van der Waals surface area (Å²) >= 11 is 0. The molecule has 0 saturated carbocycles. The Labute approximate surface area is 74.0 Å². The minimum absolute atomic E-state index is 0.00987. The molecule has 1 atom stereocenters. The zero-order valence-electron chi connectivity index (χ0n) is 6.47. The lowest BCUT2D eigenvalue weighted by molar-refractivity contribution is -0.0384.